The molecule has 0 fully saturated rings. The van der Waals surface area contributed by atoms with Crippen LogP contribution in [0, 0.1) is 6.92 Å². The molecule has 1 N–H and O–H groups in total. The van der Waals surface area contributed by atoms with Gasteiger partial charge in [0.1, 0.15) is 12.6 Å². The molecule has 214 valence electrons. The molecule has 1 atom stereocenters. The average molecular weight is 669 g/mol. The lowest BCUT2D eigenvalue weighted by molar-refractivity contribution is -0.140. The molecule has 40 heavy (non-hydrogen) atoms. The van der Waals surface area contributed by atoms with Crippen molar-refractivity contribution in [2.75, 3.05) is 23.7 Å². The molecule has 0 radical (unpaired) electrons. The van der Waals surface area contributed by atoms with Crippen LogP contribution in [-0.4, -0.2) is 50.5 Å². The number of carbonyl (C=O) groups is 2. The Labute approximate surface area is 254 Å². The molecule has 0 spiro atoms. The van der Waals surface area contributed by atoms with Crippen LogP contribution in [-0.2, 0) is 32.6 Å². The van der Waals surface area contributed by atoms with Gasteiger partial charge in [-0.2, -0.15) is 0 Å². The monoisotopic (exact) mass is 667 g/mol. The molecule has 7 nitrogen and oxygen atoms in total. The summed E-state index contributed by atoms with van der Waals surface area (Å²) in [4.78, 5) is 29.0. The Kier molecular flexibility index (Phi) is 11.5. The zero-order chi connectivity index (χ0) is 29.4. The summed E-state index contributed by atoms with van der Waals surface area (Å²) in [6.45, 7) is 3.74. The van der Waals surface area contributed by atoms with E-state index in [2.05, 4.69) is 21.2 Å². The topological polar surface area (TPSA) is 86.8 Å². The van der Waals surface area contributed by atoms with E-state index in [-0.39, 0.29) is 18.9 Å². The fourth-order valence-corrected chi connectivity index (χ4v) is 5.56. The van der Waals surface area contributed by atoms with Gasteiger partial charge in [-0.25, -0.2) is 8.42 Å². The minimum absolute atomic E-state index is 0.0176. The van der Waals surface area contributed by atoms with Gasteiger partial charge in [-0.05, 0) is 60.4 Å². The van der Waals surface area contributed by atoms with Crippen molar-refractivity contribution >= 4 is 66.7 Å². The summed E-state index contributed by atoms with van der Waals surface area (Å²) in [6, 6.07) is 18.5. The summed E-state index contributed by atoms with van der Waals surface area (Å²) in [5.74, 6) is -0.867. The molecule has 11 heteroatoms. The van der Waals surface area contributed by atoms with E-state index in [0.717, 1.165) is 32.6 Å². The van der Waals surface area contributed by atoms with E-state index in [1.807, 2.05) is 44.2 Å². The van der Waals surface area contributed by atoms with Gasteiger partial charge >= 0.3 is 0 Å². The predicted molar refractivity (Wildman–Crippen MR) is 165 cm³/mol. The second-order valence-corrected chi connectivity index (χ2v) is 13.0. The lowest BCUT2D eigenvalue weighted by Crippen LogP contribution is -2.53. The number of carbonyl (C=O) groups excluding carboxylic acids is 2. The van der Waals surface area contributed by atoms with Gasteiger partial charge in [0.05, 0.1) is 22.0 Å². The van der Waals surface area contributed by atoms with Crippen LogP contribution in [0.4, 0.5) is 5.69 Å². The quantitative estimate of drug-likeness (QED) is 0.257. The van der Waals surface area contributed by atoms with Crippen LogP contribution in [0.15, 0.2) is 71.2 Å². The molecule has 0 unspecified atom stereocenters. The molecule has 0 aliphatic rings. The smallest absolute Gasteiger partial charge is 0.244 e. The zero-order valence-corrected chi connectivity index (χ0v) is 26.4. The summed E-state index contributed by atoms with van der Waals surface area (Å²) in [7, 11) is -3.85. The largest absolute Gasteiger partial charge is 0.354 e. The number of amides is 2. The van der Waals surface area contributed by atoms with Gasteiger partial charge in [-0.15, -0.1) is 0 Å². The molecular formula is C29H32BrCl2N3O4S. The fraction of sp³-hybridized carbons (Fsp3) is 0.310. The number of halogens is 3. The maximum atomic E-state index is 14.1. The van der Waals surface area contributed by atoms with E-state index in [9.17, 15) is 18.0 Å². The number of hydrogen-bond donors (Lipinski definition) is 1. The number of nitrogens with zero attached hydrogens (tertiary/aromatic N) is 2. The number of sulfonamides is 1. The third-order valence-electron chi connectivity index (χ3n) is 6.27. The Morgan fingerprint density at radius 3 is 2.27 bits per heavy atom. The summed E-state index contributed by atoms with van der Waals surface area (Å²) in [5, 5.41) is 3.58. The molecule has 3 aromatic carbocycles. The van der Waals surface area contributed by atoms with E-state index >= 15 is 0 Å². The second kappa shape index (κ2) is 14.3. The van der Waals surface area contributed by atoms with Crippen molar-refractivity contribution < 1.29 is 18.0 Å². The second-order valence-electron chi connectivity index (χ2n) is 9.47. The van der Waals surface area contributed by atoms with E-state index < -0.39 is 28.5 Å². The van der Waals surface area contributed by atoms with Gasteiger partial charge in [0.25, 0.3) is 0 Å². The highest BCUT2D eigenvalue weighted by molar-refractivity contribution is 9.10. The molecule has 0 bridgehead atoms. The maximum absolute atomic E-state index is 14.1. The molecule has 0 saturated carbocycles. The SMILES string of the molecule is CCCNC(=O)[C@H](Cc1ccccc1)N(Cc1ccc(Cl)c(Cl)c1)C(=O)CN(c1ccc(Br)c(C)c1)S(C)(=O)=O. The molecule has 3 aromatic rings. The van der Waals surface area contributed by atoms with Crippen LogP contribution in [0.1, 0.15) is 30.0 Å². The molecule has 0 aromatic heterocycles. The molecule has 0 heterocycles. The highest BCUT2D eigenvalue weighted by Gasteiger charge is 2.33. The number of hydrogen-bond acceptors (Lipinski definition) is 4. The molecule has 0 aliphatic heterocycles. The number of anilines is 1. The van der Waals surface area contributed by atoms with Crippen molar-refractivity contribution in [3.8, 4) is 0 Å². The number of rotatable bonds is 12. The Hall–Kier alpha value is -2.59. The van der Waals surface area contributed by atoms with Crippen LogP contribution < -0.4 is 9.62 Å². The third kappa shape index (κ3) is 8.70. The lowest BCUT2D eigenvalue weighted by Gasteiger charge is -2.33. The van der Waals surface area contributed by atoms with Gasteiger partial charge in [-0.3, -0.25) is 13.9 Å². The number of nitrogens with one attached hydrogen (secondary N) is 1. The third-order valence-corrected chi connectivity index (χ3v) is 9.04. The first-order chi connectivity index (χ1) is 18.9. The normalized spacial score (nSPS) is 12.1. The van der Waals surface area contributed by atoms with Crippen LogP contribution in [0.25, 0.3) is 0 Å². The van der Waals surface area contributed by atoms with Crippen molar-refractivity contribution in [1.29, 1.82) is 0 Å². The van der Waals surface area contributed by atoms with Gasteiger partial charge in [0.15, 0.2) is 0 Å². The van der Waals surface area contributed by atoms with E-state index in [0.29, 0.717) is 27.8 Å². The average Bonchev–Trinajstić information content (AvgIpc) is 2.91. The molecule has 3 rings (SSSR count). The van der Waals surface area contributed by atoms with Crippen molar-refractivity contribution in [3.63, 3.8) is 0 Å². The van der Waals surface area contributed by atoms with E-state index in [1.165, 1.54) is 4.90 Å². The van der Waals surface area contributed by atoms with Gasteiger partial charge in [0, 0.05) is 24.0 Å². The van der Waals surface area contributed by atoms with E-state index in [1.54, 1.807) is 36.4 Å². The molecule has 0 saturated heterocycles. The minimum Gasteiger partial charge on any atom is -0.354 e. The number of aryl methyl sites for hydroxylation is 1. The zero-order valence-electron chi connectivity index (χ0n) is 22.5. The first kappa shape index (κ1) is 31.9. The first-order valence-electron chi connectivity index (χ1n) is 12.7. The van der Waals surface area contributed by atoms with Crippen LogP contribution in [0.5, 0.6) is 0 Å². The summed E-state index contributed by atoms with van der Waals surface area (Å²) in [5.41, 5.74) is 2.66. The summed E-state index contributed by atoms with van der Waals surface area (Å²) < 4.78 is 27.7. The minimum atomic E-state index is -3.85. The first-order valence-corrected chi connectivity index (χ1v) is 16.1. The maximum Gasteiger partial charge on any atom is 0.244 e. The molecular weight excluding hydrogens is 637 g/mol. The highest BCUT2D eigenvalue weighted by Crippen LogP contribution is 2.27. The van der Waals surface area contributed by atoms with Gasteiger partial charge < -0.3 is 10.2 Å². The molecule has 0 aliphatic carbocycles. The van der Waals surface area contributed by atoms with Gasteiger partial charge in [-0.1, -0.05) is 82.5 Å². The van der Waals surface area contributed by atoms with E-state index in [4.69, 9.17) is 23.2 Å². The van der Waals surface area contributed by atoms with Crippen molar-refractivity contribution in [3.05, 3.63) is 97.9 Å². The van der Waals surface area contributed by atoms with Crippen LogP contribution in [0.3, 0.4) is 0 Å². The number of benzene rings is 3. The fourth-order valence-electron chi connectivity index (χ4n) is 4.15. The Bertz CT molecular complexity index is 1450. The van der Waals surface area contributed by atoms with Crippen LogP contribution in [0.2, 0.25) is 10.0 Å². The predicted octanol–water partition coefficient (Wildman–Crippen LogP) is 6.00. The van der Waals surface area contributed by atoms with Crippen molar-refractivity contribution in [1.82, 2.24) is 10.2 Å². The summed E-state index contributed by atoms with van der Waals surface area (Å²) >= 11 is 15.8. The lowest BCUT2D eigenvalue weighted by atomic mass is 10.0. The summed E-state index contributed by atoms with van der Waals surface area (Å²) in [6.07, 6.45) is 2.01. The Balaban J connectivity index is 2.07. The van der Waals surface area contributed by atoms with Crippen LogP contribution >= 0.6 is 39.1 Å². The van der Waals surface area contributed by atoms with Gasteiger partial charge in [0.2, 0.25) is 21.8 Å². The highest BCUT2D eigenvalue weighted by atomic mass is 79.9. The van der Waals surface area contributed by atoms with Crippen molar-refractivity contribution in [2.45, 2.75) is 39.3 Å². The Morgan fingerprint density at radius 1 is 0.975 bits per heavy atom. The van der Waals surface area contributed by atoms with Crippen molar-refractivity contribution in [2.24, 2.45) is 0 Å². The molecule has 2 amide bonds. The standard InChI is InChI=1S/C29H32BrCl2N3O4S/c1-4-14-33-29(37)27(17-21-8-6-5-7-9-21)34(18-22-10-13-25(31)26(32)16-22)28(36)19-35(40(3,38)39)23-11-12-24(30)20(2)15-23/h5-13,15-16,27H,4,14,17-19H2,1-3H3,(H,33,37)/t27-/m0/s1. The Morgan fingerprint density at radius 2 is 1.68 bits per heavy atom.